The van der Waals surface area contributed by atoms with Crippen LogP contribution >= 0.6 is 0 Å². The molecule has 1 fully saturated rings. The van der Waals surface area contributed by atoms with E-state index in [2.05, 4.69) is 10.6 Å². The van der Waals surface area contributed by atoms with E-state index < -0.39 is 11.6 Å². The van der Waals surface area contributed by atoms with Crippen LogP contribution in [-0.4, -0.2) is 47.3 Å². The third kappa shape index (κ3) is 2.80. The Balaban J connectivity index is 2.50. The van der Waals surface area contributed by atoms with Gasteiger partial charge in [-0.2, -0.15) is 0 Å². The molecule has 1 heterocycles. The van der Waals surface area contributed by atoms with E-state index in [0.717, 1.165) is 12.5 Å². The van der Waals surface area contributed by atoms with Crippen molar-refractivity contribution in [2.24, 2.45) is 0 Å². The van der Waals surface area contributed by atoms with E-state index in [9.17, 15) is 14.7 Å². The number of rotatable bonds is 4. The number of hydrogen-bond donors (Lipinski definition) is 4. The molecule has 1 unspecified atom stereocenters. The van der Waals surface area contributed by atoms with Crippen molar-refractivity contribution in [2.75, 3.05) is 19.6 Å². The Kier molecular flexibility index (Phi) is 3.66. The minimum atomic E-state index is -1.93. The first-order valence-electron chi connectivity index (χ1n) is 4.98. The average Bonchev–Trinajstić information content (AvgIpc) is 2.11. The number of carbonyl (C=O) groups is 2. The Labute approximate surface area is 93.3 Å². The fraction of sp³-hybridized carbons (Fsp3) is 0.600. The van der Waals surface area contributed by atoms with Gasteiger partial charge < -0.3 is 20.8 Å². The Bertz CT molecular complexity index is 341. The van der Waals surface area contributed by atoms with Crippen LogP contribution in [0.2, 0.25) is 0 Å². The SMILES string of the molecule is CC(C(=O)NCC(C)(O)C(=O)O)=C1CNC1. The summed E-state index contributed by atoms with van der Waals surface area (Å²) in [6.45, 7) is 3.90. The summed E-state index contributed by atoms with van der Waals surface area (Å²) < 4.78 is 0. The van der Waals surface area contributed by atoms with E-state index in [-0.39, 0.29) is 12.5 Å². The van der Waals surface area contributed by atoms with Gasteiger partial charge in [0.2, 0.25) is 5.91 Å². The lowest BCUT2D eigenvalue weighted by Gasteiger charge is -2.23. The maximum absolute atomic E-state index is 11.5. The Hall–Kier alpha value is -1.40. The lowest BCUT2D eigenvalue weighted by Crippen LogP contribution is -2.47. The molecule has 0 saturated carbocycles. The molecule has 0 radical (unpaired) electrons. The number of aliphatic hydroxyl groups is 1. The molecule has 1 aliphatic rings. The van der Waals surface area contributed by atoms with Crippen LogP contribution in [0.15, 0.2) is 11.1 Å². The summed E-state index contributed by atoms with van der Waals surface area (Å²) in [6.07, 6.45) is 0. The molecular weight excluding hydrogens is 212 g/mol. The zero-order valence-electron chi connectivity index (χ0n) is 9.33. The first kappa shape index (κ1) is 12.7. The Morgan fingerprint density at radius 2 is 2.06 bits per heavy atom. The highest BCUT2D eigenvalue weighted by Gasteiger charge is 2.30. The van der Waals surface area contributed by atoms with Crippen LogP contribution in [-0.2, 0) is 9.59 Å². The van der Waals surface area contributed by atoms with Gasteiger partial charge in [0.1, 0.15) is 0 Å². The number of carboxylic acids is 1. The Morgan fingerprint density at radius 3 is 2.44 bits per heavy atom. The molecule has 1 amide bonds. The highest BCUT2D eigenvalue weighted by Crippen LogP contribution is 2.09. The van der Waals surface area contributed by atoms with Crippen molar-refractivity contribution in [2.45, 2.75) is 19.4 Å². The van der Waals surface area contributed by atoms with Gasteiger partial charge in [-0.05, 0) is 19.4 Å². The van der Waals surface area contributed by atoms with Gasteiger partial charge in [0, 0.05) is 18.7 Å². The number of aliphatic carboxylic acids is 1. The molecule has 1 rings (SSSR count). The molecule has 0 bridgehead atoms. The lowest BCUT2D eigenvalue weighted by molar-refractivity contribution is -0.156. The van der Waals surface area contributed by atoms with Crippen LogP contribution in [0.5, 0.6) is 0 Å². The summed E-state index contributed by atoms with van der Waals surface area (Å²) in [5.74, 6) is -1.69. The normalized spacial score (nSPS) is 18.3. The van der Waals surface area contributed by atoms with Crippen molar-refractivity contribution in [3.05, 3.63) is 11.1 Å². The smallest absolute Gasteiger partial charge is 0.337 e. The second-order valence-electron chi connectivity index (χ2n) is 4.09. The number of nitrogens with one attached hydrogen (secondary N) is 2. The third-order valence-corrected chi connectivity index (χ3v) is 2.60. The van der Waals surface area contributed by atoms with E-state index in [4.69, 9.17) is 5.11 Å². The maximum Gasteiger partial charge on any atom is 0.337 e. The zero-order valence-corrected chi connectivity index (χ0v) is 9.33. The number of amides is 1. The molecule has 1 aliphatic heterocycles. The van der Waals surface area contributed by atoms with E-state index in [1.165, 1.54) is 0 Å². The second kappa shape index (κ2) is 4.63. The highest BCUT2D eigenvalue weighted by molar-refractivity contribution is 5.94. The van der Waals surface area contributed by atoms with Crippen LogP contribution in [0.3, 0.4) is 0 Å². The van der Waals surface area contributed by atoms with Gasteiger partial charge in [0.05, 0.1) is 6.54 Å². The van der Waals surface area contributed by atoms with E-state index in [1.807, 2.05) is 0 Å². The van der Waals surface area contributed by atoms with Crippen LogP contribution in [0.25, 0.3) is 0 Å². The van der Waals surface area contributed by atoms with Gasteiger partial charge >= 0.3 is 5.97 Å². The lowest BCUT2D eigenvalue weighted by atomic mass is 10.0. The predicted molar refractivity (Wildman–Crippen MR) is 56.8 cm³/mol. The van der Waals surface area contributed by atoms with E-state index in [1.54, 1.807) is 6.92 Å². The largest absolute Gasteiger partial charge is 0.479 e. The van der Waals surface area contributed by atoms with Crippen molar-refractivity contribution < 1.29 is 19.8 Å². The summed E-state index contributed by atoms with van der Waals surface area (Å²) in [7, 11) is 0. The molecule has 16 heavy (non-hydrogen) atoms. The maximum atomic E-state index is 11.5. The molecule has 1 saturated heterocycles. The summed E-state index contributed by atoms with van der Waals surface area (Å²) >= 11 is 0. The standard InChI is InChI=1S/C10H16N2O4/c1-6(7-3-11-4-7)8(13)12-5-10(2,16)9(14)15/h11,16H,3-5H2,1-2H3,(H,12,13)(H,14,15). The molecule has 6 nitrogen and oxygen atoms in total. The monoisotopic (exact) mass is 228 g/mol. The van der Waals surface area contributed by atoms with E-state index in [0.29, 0.717) is 18.7 Å². The van der Waals surface area contributed by atoms with Gasteiger partial charge in [-0.1, -0.05) is 0 Å². The quantitative estimate of drug-likeness (QED) is 0.456. The molecule has 90 valence electrons. The summed E-state index contributed by atoms with van der Waals surface area (Å²) in [6, 6.07) is 0. The molecule has 0 spiro atoms. The highest BCUT2D eigenvalue weighted by atomic mass is 16.4. The molecule has 0 aliphatic carbocycles. The molecule has 0 aromatic rings. The number of carbonyl (C=O) groups excluding carboxylic acids is 1. The van der Waals surface area contributed by atoms with Crippen LogP contribution in [0.1, 0.15) is 13.8 Å². The molecule has 4 N–H and O–H groups in total. The molecule has 0 aromatic heterocycles. The van der Waals surface area contributed by atoms with Gasteiger partial charge in [-0.15, -0.1) is 0 Å². The minimum absolute atomic E-state index is 0.306. The van der Waals surface area contributed by atoms with Crippen LogP contribution in [0, 0.1) is 0 Å². The molecule has 0 aromatic carbocycles. The van der Waals surface area contributed by atoms with Gasteiger partial charge in [0.15, 0.2) is 5.60 Å². The molecule has 1 atom stereocenters. The fourth-order valence-corrected chi connectivity index (χ4v) is 1.14. The number of hydrogen-bond acceptors (Lipinski definition) is 4. The van der Waals surface area contributed by atoms with Crippen molar-refractivity contribution in [3.8, 4) is 0 Å². The second-order valence-corrected chi connectivity index (χ2v) is 4.09. The van der Waals surface area contributed by atoms with Crippen molar-refractivity contribution in [1.29, 1.82) is 0 Å². The summed E-state index contributed by atoms with van der Waals surface area (Å²) in [5.41, 5.74) is -0.342. The van der Waals surface area contributed by atoms with Gasteiger partial charge in [-0.25, -0.2) is 4.79 Å². The predicted octanol–water partition coefficient (Wildman–Crippen LogP) is -1.14. The molecule has 6 heteroatoms. The Morgan fingerprint density at radius 1 is 1.50 bits per heavy atom. The third-order valence-electron chi connectivity index (χ3n) is 2.60. The fourth-order valence-electron chi connectivity index (χ4n) is 1.14. The van der Waals surface area contributed by atoms with Crippen LogP contribution in [0.4, 0.5) is 0 Å². The first-order chi connectivity index (χ1) is 7.34. The molecular formula is C10H16N2O4. The van der Waals surface area contributed by atoms with E-state index >= 15 is 0 Å². The number of carboxylic acid groups (broad SMARTS) is 1. The minimum Gasteiger partial charge on any atom is -0.479 e. The zero-order chi connectivity index (χ0) is 12.3. The van der Waals surface area contributed by atoms with Crippen LogP contribution < -0.4 is 10.6 Å². The first-order valence-corrected chi connectivity index (χ1v) is 4.98. The van der Waals surface area contributed by atoms with Crippen molar-refractivity contribution in [3.63, 3.8) is 0 Å². The summed E-state index contributed by atoms with van der Waals surface area (Å²) in [4.78, 5) is 22.1. The average molecular weight is 228 g/mol. The summed E-state index contributed by atoms with van der Waals surface area (Å²) in [5, 5.41) is 23.4. The van der Waals surface area contributed by atoms with Gasteiger partial charge in [-0.3, -0.25) is 4.79 Å². The van der Waals surface area contributed by atoms with Gasteiger partial charge in [0.25, 0.3) is 0 Å². The topological polar surface area (TPSA) is 98.7 Å². The van der Waals surface area contributed by atoms with Crippen molar-refractivity contribution in [1.82, 2.24) is 10.6 Å². The van der Waals surface area contributed by atoms with Crippen molar-refractivity contribution >= 4 is 11.9 Å².